The number of fused-ring (bicyclic) bond motifs is 1. The summed E-state index contributed by atoms with van der Waals surface area (Å²) in [5.74, 6) is 0.244. The molecule has 2 aromatic rings. The lowest BCUT2D eigenvalue weighted by molar-refractivity contribution is 0.650. The third-order valence-corrected chi connectivity index (χ3v) is 6.55. The molecule has 132 valence electrons. The van der Waals surface area contributed by atoms with E-state index in [1.165, 1.54) is 5.56 Å². The summed E-state index contributed by atoms with van der Waals surface area (Å²) in [6.07, 6.45) is 1.71. The Kier molecular flexibility index (Phi) is 5.38. The SMILES string of the molecule is CC(C)(C)[S@@](=O)N=C1CC[C@@H](c2ccc(Cl)c(Cl)c2)c2ccccc21. The Balaban J connectivity index is 2.03. The second kappa shape index (κ2) is 7.22. The topological polar surface area (TPSA) is 29.4 Å². The Morgan fingerprint density at radius 3 is 2.48 bits per heavy atom. The minimum absolute atomic E-state index is 0.244. The van der Waals surface area contributed by atoms with E-state index in [0.29, 0.717) is 10.0 Å². The van der Waals surface area contributed by atoms with E-state index in [1.807, 2.05) is 51.1 Å². The van der Waals surface area contributed by atoms with Crippen molar-refractivity contribution in [3.05, 3.63) is 69.2 Å². The number of rotatable bonds is 2. The first-order chi connectivity index (χ1) is 11.8. The molecule has 2 atom stereocenters. The van der Waals surface area contributed by atoms with Crippen LogP contribution >= 0.6 is 23.2 Å². The average molecular weight is 394 g/mol. The Hall–Kier alpha value is -1.16. The van der Waals surface area contributed by atoms with Gasteiger partial charge in [0.15, 0.2) is 0 Å². The summed E-state index contributed by atoms with van der Waals surface area (Å²) in [5, 5.41) is 1.14. The van der Waals surface area contributed by atoms with Gasteiger partial charge in [-0.1, -0.05) is 53.5 Å². The summed E-state index contributed by atoms with van der Waals surface area (Å²) >= 11 is 12.3. The number of halogens is 2. The van der Waals surface area contributed by atoms with Gasteiger partial charge < -0.3 is 0 Å². The number of hydrogen-bond acceptors (Lipinski definition) is 1. The molecule has 5 heteroatoms. The monoisotopic (exact) mass is 393 g/mol. The number of hydrogen-bond donors (Lipinski definition) is 0. The van der Waals surface area contributed by atoms with Crippen LogP contribution in [0.1, 0.15) is 56.2 Å². The summed E-state index contributed by atoms with van der Waals surface area (Å²) < 4.78 is 16.7. The number of benzene rings is 2. The lowest BCUT2D eigenvalue weighted by Crippen LogP contribution is -2.23. The molecule has 0 aromatic heterocycles. The molecule has 2 nitrogen and oxygen atoms in total. The average Bonchev–Trinajstić information content (AvgIpc) is 2.57. The van der Waals surface area contributed by atoms with E-state index >= 15 is 0 Å². The predicted octanol–water partition coefficient (Wildman–Crippen LogP) is 6.17. The molecule has 0 spiro atoms. The van der Waals surface area contributed by atoms with Gasteiger partial charge in [0, 0.05) is 11.5 Å². The van der Waals surface area contributed by atoms with Crippen LogP contribution in [0.25, 0.3) is 0 Å². The van der Waals surface area contributed by atoms with Crippen LogP contribution in [0.3, 0.4) is 0 Å². The molecule has 1 aliphatic rings. The fourth-order valence-electron chi connectivity index (χ4n) is 3.04. The van der Waals surface area contributed by atoms with Crippen LogP contribution in [0.4, 0.5) is 0 Å². The first kappa shape index (κ1) is 18.6. The van der Waals surface area contributed by atoms with Crippen LogP contribution < -0.4 is 0 Å². The smallest absolute Gasteiger partial charge is 0.145 e. The van der Waals surface area contributed by atoms with E-state index < -0.39 is 11.0 Å². The third kappa shape index (κ3) is 3.99. The normalized spacial score (nSPS) is 20.4. The van der Waals surface area contributed by atoms with Gasteiger partial charge in [-0.25, -0.2) is 4.21 Å². The van der Waals surface area contributed by atoms with Gasteiger partial charge in [0.1, 0.15) is 11.0 Å². The van der Waals surface area contributed by atoms with Crippen molar-refractivity contribution >= 4 is 39.9 Å². The molecule has 1 aliphatic carbocycles. The summed E-state index contributed by atoms with van der Waals surface area (Å²) in [6, 6.07) is 14.1. The van der Waals surface area contributed by atoms with Gasteiger partial charge in [-0.15, -0.1) is 0 Å². The zero-order valence-electron chi connectivity index (χ0n) is 14.6. The highest BCUT2D eigenvalue weighted by Crippen LogP contribution is 2.39. The highest BCUT2D eigenvalue weighted by Gasteiger charge is 2.27. The van der Waals surface area contributed by atoms with E-state index in [4.69, 9.17) is 23.2 Å². The van der Waals surface area contributed by atoms with Crippen LogP contribution in [-0.2, 0) is 11.0 Å². The van der Waals surface area contributed by atoms with Crippen molar-refractivity contribution in [3.8, 4) is 0 Å². The zero-order valence-corrected chi connectivity index (χ0v) is 16.9. The van der Waals surface area contributed by atoms with Crippen LogP contribution in [-0.4, -0.2) is 14.7 Å². The van der Waals surface area contributed by atoms with Crippen molar-refractivity contribution in [2.45, 2.75) is 44.3 Å². The van der Waals surface area contributed by atoms with Crippen molar-refractivity contribution in [1.29, 1.82) is 0 Å². The molecule has 2 aromatic carbocycles. The lowest BCUT2D eigenvalue weighted by atomic mass is 9.78. The lowest BCUT2D eigenvalue weighted by Gasteiger charge is -2.27. The molecule has 0 N–H and O–H groups in total. The largest absolute Gasteiger partial charge is 0.234 e. The van der Waals surface area contributed by atoms with Gasteiger partial charge >= 0.3 is 0 Å². The minimum Gasteiger partial charge on any atom is -0.234 e. The maximum Gasteiger partial charge on any atom is 0.145 e. The summed E-state index contributed by atoms with van der Waals surface area (Å²) in [5.41, 5.74) is 4.37. The molecular formula is C20H21Cl2NOS. The predicted molar refractivity (Wildman–Crippen MR) is 108 cm³/mol. The molecule has 0 fully saturated rings. The second-order valence-electron chi connectivity index (χ2n) is 7.25. The maximum atomic E-state index is 12.5. The molecule has 0 amide bonds. The molecule has 25 heavy (non-hydrogen) atoms. The van der Waals surface area contributed by atoms with Crippen molar-refractivity contribution in [2.24, 2.45) is 4.40 Å². The van der Waals surface area contributed by atoms with Crippen LogP contribution in [0.2, 0.25) is 10.0 Å². The minimum atomic E-state index is -1.26. The molecule has 0 bridgehead atoms. The number of nitrogens with zero attached hydrogens (tertiary/aromatic N) is 1. The molecule has 0 saturated heterocycles. The maximum absolute atomic E-state index is 12.5. The fourth-order valence-corrected chi connectivity index (χ4v) is 4.01. The first-order valence-corrected chi connectivity index (χ1v) is 10.2. The highest BCUT2D eigenvalue weighted by molar-refractivity contribution is 7.85. The molecule has 0 heterocycles. The molecule has 0 aliphatic heterocycles. The van der Waals surface area contributed by atoms with Gasteiger partial charge in [0.2, 0.25) is 0 Å². The zero-order chi connectivity index (χ0) is 18.2. The molecule has 3 rings (SSSR count). The van der Waals surface area contributed by atoms with Gasteiger partial charge in [-0.2, -0.15) is 4.40 Å². The second-order valence-corrected chi connectivity index (χ2v) is 9.97. The highest BCUT2D eigenvalue weighted by atomic mass is 35.5. The Morgan fingerprint density at radius 1 is 1.08 bits per heavy atom. The standard InChI is InChI=1S/C20H21Cl2NOS/c1-20(2,3)25(24)23-19-11-9-14(15-6-4-5-7-16(15)19)13-8-10-17(21)18(22)12-13/h4-8,10,12,14H,9,11H2,1-3H3/t14-,25+/m0/s1. The molecular weight excluding hydrogens is 373 g/mol. The Morgan fingerprint density at radius 2 is 1.80 bits per heavy atom. The molecule has 0 saturated carbocycles. The van der Waals surface area contributed by atoms with E-state index in [0.717, 1.165) is 29.7 Å². The van der Waals surface area contributed by atoms with E-state index in [2.05, 4.69) is 16.5 Å². The third-order valence-electron chi connectivity index (χ3n) is 4.38. The Labute approximate surface area is 161 Å². The molecule has 0 radical (unpaired) electrons. The van der Waals surface area contributed by atoms with Crippen molar-refractivity contribution in [2.75, 3.05) is 0 Å². The van der Waals surface area contributed by atoms with Gasteiger partial charge in [0.25, 0.3) is 0 Å². The van der Waals surface area contributed by atoms with E-state index in [-0.39, 0.29) is 10.7 Å². The molecule has 0 unspecified atom stereocenters. The van der Waals surface area contributed by atoms with Crippen molar-refractivity contribution in [1.82, 2.24) is 0 Å². The van der Waals surface area contributed by atoms with Crippen LogP contribution in [0, 0.1) is 0 Å². The summed E-state index contributed by atoms with van der Waals surface area (Å²) in [6.45, 7) is 5.83. The van der Waals surface area contributed by atoms with Crippen LogP contribution in [0.15, 0.2) is 46.9 Å². The fraction of sp³-hybridized carbons (Fsp3) is 0.350. The Bertz CT molecular complexity index is 855. The van der Waals surface area contributed by atoms with Gasteiger partial charge in [-0.05, 0) is 56.9 Å². The van der Waals surface area contributed by atoms with Gasteiger partial charge in [-0.3, -0.25) is 0 Å². The van der Waals surface area contributed by atoms with Crippen molar-refractivity contribution < 1.29 is 4.21 Å². The quantitative estimate of drug-likeness (QED) is 0.599. The van der Waals surface area contributed by atoms with Gasteiger partial charge in [0.05, 0.1) is 20.5 Å². The summed E-state index contributed by atoms with van der Waals surface area (Å²) in [4.78, 5) is 0. The summed E-state index contributed by atoms with van der Waals surface area (Å²) in [7, 11) is -1.26. The van der Waals surface area contributed by atoms with Crippen molar-refractivity contribution in [3.63, 3.8) is 0 Å². The van der Waals surface area contributed by atoms with E-state index in [9.17, 15) is 4.21 Å². The van der Waals surface area contributed by atoms with E-state index in [1.54, 1.807) is 0 Å². The first-order valence-electron chi connectivity index (χ1n) is 8.31. The van der Waals surface area contributed by atoms with Crippen LogP contribution in [0.5, 0.6) is 0 Å².